The minimum atomic E-state index is -0.266. The van der Waals surface area contributed by atoms with E-state index < -0.39 is 0 Å². The van der Waals surface area contributed by atoms with E-state index >= 15 is 0 Å². The number of carbonyl (C=O) groups is 1. The van der Waals surface area contributed by atoms with Gasteiger partial charge in [0.1, 0.15) is 11.6 Å². The molecule has 0 atom stereocenters. The number of benzene rings is 1. The Morgan fingerprint density at radius 3 is 2.86 bits per heavy atom. The van der Waals surface area contributed by atoms with Crippen LogP contribution in [0.4, 0.5) is 5.82 Å². The summed E-state index contributed by atoms with van der Waals surface area (Å²) in [5, 5.41) is 2.86. The molecule has 0 aliphatic rings. The highest BCUT2D eigenvalue weighted by molar-refractivity contribution is 5.98. The molecule has 0 radical (unpaired) electrons. The van der Waals surface area contributed by atoms with Crippen molar-refractivity contribution < 1.29 is 14.3 Å². The zero-order valence-corrected chi connectivity index (χ0v) is 16.5. The van der Waals surface area contributed by atoms with Gasteiger partial charge in [0.25, 0.3) is 5.91 Å². The fraction of sp³-hybridized carbons (Fsp3) is 0.364. The fourth-order valence-corrected chi connectivity index (χ4v) is 2.59. The molecule has 0 aliphatic heterocycles. The van der Waals surface area contributed by atoms with Crippen molar-refractivity contribution >= 4 is 11.7 Å². The van der Waals surface area contributed by atoms with Crippen LogP contribution in [-0.4, -0.2) is 24.6 Å². The van der Waals surface area contributed by atoms with Gasteiger partial charge >= 0.3 is 0 Å². The molecule has 0 saturated heterocycles. The smallest absolute Gasteiger partial charge is 0.255 e. The number of hydrogen-bond acceptors (Lipinski definition) is 5. The summed E-state index contributed by atoms with van der Waals surface area (Å²) in [6.07, 6.45) is 2.88. The average Bonchev–Trinajstić information content (AvgIpc) is 2.69. The van der Waals surface area contributed by atoms with Gasteiger partial charge < -0.3 is 20.5 Å². The number of rotatable bonds is 10. The molecule has 1 aromatic heterocycles. The molecular formula is C22H27N3O3. The van der Waals surface area contributed by atoms with Crippen LogP contribution in [-0.2, 0) is 17.9 Å². The molecule has 0 aliphatic carbocycles. The van der Waals surface area contributed by atoms with Crippen molar-refractivity contribution in [2.45, 2.75) is 39.3 Å². The van der Waals surface area contributed by atoms with E-state index in [1.54, 1.807) is 19.2 Å². The second-order valence-electron chi connectivity index (χ2n) is 6.23. The maximum absolute atomic E-state index is 12.4. The highest BCUT2D eigenvalue weighted by Crippen LogP contribution is 2.15. The lowest BCUT2D eigenvalue weighted by Crippen LogP contribution is -2.24. The minimum Gasteiger partial charge on any atom is -0.494 e. The Labute approximate surface area is 166 Å². The number of nitrogen functional groups attached to an aromatic ring is 1. The van der Waals surface area contributed by atoms with Gasteiger partial charge in [-0.2, -0.15) is 0 Å². The average molecular weight is 381 g/mol. The first-order valence-electron chi connectivity index (χ1n) is 9.28. The zero-order chi connectivity index (χ0) is 20.2. The summed E-state index contributed by atoms with van der Waals surface area (Å²) in [6.45, 7) is 3.23. The number of unbranched alkanes of at least 4 members (excludes halogenated alkanes) is 2. The zero-order valence-electron chi connectivity index (χ0n) is 16.5. The quantitative estimate of drug-likeness (QED) is 0.487. The summed E-state index contributed by atoms with van der Waals surface area (Å²) in [7, 11) is 1.58. The predicted octanol–water partition coefficient (Wildman–Crippen LogP) is 3.31. The number of hydrogen-bond donors (Lipinski definition) is 2. The standard InChI is InChI=1S/C22H27N3O3/c1-3-4-5-6-7-13-28-19-10-8-9-17(14-19)15-24-22(26)20-12-11-18(16-27-2)25-21(20)23/h8-12,14H,5-7,13,15-16H2,1-2H3,(H2,23,25)(H,24,26). The van der Waals surface area contributed by atoms with Gasteiger partial charge in [-0.3, -0.25) is 4.79 Å². The molecule has 0 spiro atoms. The van der Waals surface area contributed by atoms with Crippen LogP contribution < -0.4 is 15.8 Å². The molecule has 28 heavy (non-hydrogen) atoms. The summed E-state index contributed by atoms with van der Waals surface area (Å²) in [5.74, 6) is 6.65. The van der Waals surface area contributed by atoms with Crippen LogP contribution in [0.2, 0.25) is 0 Å². The molecule has 0 fully saturated rings. The van der Waals surface area contributed by atoms with Crippen molar-refractivity contribution in [2.24, 2.45) is 0 Å². The van der Waals surface area contributed by atoms with Gasteiger partial charge in [-0.05, 0) is 49.6 Å². The molecule has 0 bridgehead atoms. The lowest BCUT2D eigenvalue weighted by Gasteiger charge is -2.10. The number of ether oxygens (including phenoxy) is 2. The topological polar surface area (TPSA) is 86.5 Å². The molecule has 2 rings (SSSR count). The van der Waals surface area contributed by atoms with E-state index in [1.165, 1.54) is 0 Å². The molecule has 1 aromatic carbocycles. The molecule has 6 heteroatoms. The molecule has 1 amide bonds. The van der Waals surface area contributed by atoms with Crippen molar-refractivity contribution in [3.05, 3.63) is 53.2 Å². The third kappa shape index (κ3) is 6.93. The van der Waals surface area contributed by atoms with Gasteiger partial charge in [-0.1, -0.05) is 12.1 Å². The number of amides is 1. The number of methoxy groups -OCH3 is 1. The highest BCUT2D eigenvalue weighted by Gasteiger charge is 2.11. The van der Waals surface area contributed by atoms with Crippen molar-refractivity contribution in [1.82, 2.24) is 10.3 Å². The summed E-state index contributed by atoms with van der Waals surface area (Å²) < 4.78 is 10.8. The van der Waals surface area contributed by atoms with Crippen LogP contribution in [0.5, 0.6) is 5.75 Å². The predicted molar refractivity (Wildman–Crippen MR) is 110 cm³/mol. The fourth-order valence-electron chi connectivity index (χ4n) is 2.59. The number of aromatic nitrogens is 1. The molecule has 148 valence electrons. The molecule has 0 saturated carbocycles. The number of pyridine rings is 1. The van der Waals surface area contributed by atoms with Crippen LogP contribution in [0, 0.1) is 11.8 Å². The molecule has 0 unspecified atom stereocenters. The lowest BCUT2D eigenvalue weighted by atomic mass is 10.2. The van der Waals surface area contributed by atoms with Crippen LogP contribution in [0.1, 0.15) is 47.8 Å². The van der Waals surface area contributed by atoms with Crippen LogP contribution in [0.25, 0.3) is 0 Å². The van der Waals surface area contributed by atoms with E-state index in [9.17, 15) is 4.79 Å². The number of anilines is 1. The van der Waals surface area contributed by atoms with Gasteiger partial charge in [-0.25, -0.2) is 4.98 Å². The molecule has 3 N–H and O–H groups in total. The molecule has 2 aromatic rings. The monoisotopic (exact) mass is 381 g/mol. The summed E-state index contributed by atoms with van der Waals surface area (Å²) >= 11 is 0. The second-order valence-corrected chi connectivity index (χ2v) is 6.23. The molecule has 1 heterocycles. The van der Waals surface area contributed by atoms with Crippen molar-refractivity contribution in [2.75, 3.05) is 19.5 Å². The Balaban J connectivity index is 1.85. The minimum absolute atomic E-state index is 0.192. The first-order chi connectivity index (χ1) is 13.6. The van der Waals surface area contributed by atoms with E-state index in [0.29, 0.717) is 31.0 Å². The van der Waals surface area contributed by atoms with Crippen LogP contribution in [0.15, 0.2) is 36.4 Å². The van der Waals surface area contributed by atoms with E-state index in [1.807, 2.05) is 31.2 Å². The Morgan fingerprint density at radius 2 is 2.11 bits per heavy atom. The van der Waals surface area contributed by atoms with Crippen molar-refractivity contribution in [1.29, 1.82) is 0 Å². The maximum atomic E-state index is 12.4. The normalized spacial score (nSPS) is 10.1. The number of carbonyl (C=O) groups excluding carboxylic acids is 1. The van der Waals surface area contributed by atoms with E-state index in [0.717, 1.165) is 30.6 Å². The number of nitrogens with two attached hydrogens (primary N) is 1. The Hall–Kier alpha value is -3.04. The summed E-state index contributed by atoms with van der Waals surface area (Å²) in [6, 6.07) is 11.1. The van der Waals surface area contributed by atoms with Crippen LogP contribution in [0.3, 0.4) is 0 Å². The number of nitrogens with one attached hydrogen (secondary N) is 1. The maximum Gasteiger partial charge on any atom is 0.255 e. The molecule has 6 nitrogen and oxygen atoms in total. The van der Waals surface area contributed by atoms with Gasteiger partial charge in [0.15, 0.2) is 0 Å². The SMILES string of the molecule is CC#CCCCCOc1cccc(CNC(=O)c2ccc(COC)nc2N)c1. The van der Waals surface area contributed by atoms with Gasteiger partial charge in [0.05, 0.1) is 24.5 Å². The highest BCUT2D eigenvalue weighted by atomic mass is 16.5. The molecular weight excluding hydrogens is 354 g/mol. The van der Waals surface area contributed by atoms with Gasteiger partial charge in [-0.15, -0.1) is 11.8 Å². The van der Waals surface area contributed by atoms with E-state index in [2.05, 4.69) is 22.1 Å². The van der Waals surface area contributed by atoms with Crippen molar-refractivity contribution in [3.8, 4) is 17.6 Å². The van der Waals surface area contributed by atoms with Gasteiger partial charge in [0.2, 0.25) is 0 Å². The summed E-state index contributed by atoms with van der Waals surface area (Å²) in [5.41, 5.74) is 7.87. The van der Waals surface area contributed by atoms with E-state index in [-0.39, 0.29) is 11.7 Å². The Morgan fingerprint density at radius 1 is 1.25 bits per heavy atom. The third-order valence-corrected chi connectivity index (χ3v) is 4.01. The Bertz CT molecular complexity index is 840. The second kappa shape index (κ2) is 11.6. The third-order valence-electron chi connectivity index (χ3n) is 4.01. The first kappa shape index (κ1) is 21.3. The summed E-state index contributed by atoms with van der Waals surface area (Å²) in [4.78, 5) is 16.6. The van der Waals surface area contributed by atoms with Crippen LogP contribution >= 0.6 is 0 Å². The first-order valence-corrected chi connectivity index (χ1v) is 9.28. The lowest BCUT2D eigenvalue weighted by molar-refractivity contribution is 0.0951. The number of nitrogens with zero attached hydrogens (tertiary/aromatic N) is 1. The Kier molecular flexibility index (Phi) is 8.83. The van der Waals surface area contributed by atoms with E-state index in [4.69, 9.17) is 15.2 Å². The van der Waals surface area contributed by atoms with Crippen molar-refractivity contribution in [3.63, 3.8) is 0 Å². The largest absolute Gasteiger partial charge is 0.494 e. The van der Waals surface area contributed by atoms with Gasteiger partial charge in [0, 0.05) is 20.1 Å².